The van der Waals surface area contributed by atoms with Crippen molar-refractivity contribution in [1.82, 2.24) is 25.7 Å². The Labute approximate surface area is 213 Å². The molecule has 0 spiro atoms. The molecule has 0 aliphatic carbocycles. The SMILES string of the molecule is O=C(C[C@@H]1CCNC[C@@H]1Cc1cc(CN2CCN(c3ccccc3)CC2)on1)NCc1cccnc1. The minimum atomic E-state index is 0.103. The molecule has 0 saturated carbocycles. The van der Waals surface area contributed by atoms with E-state index in [1.807, 2.05) is 12.1 Å². The summed E-state index contributed by atoms with van der Waals surface area (Å²) in [5, 5.41) is 10.9. The van der Waals surface area contributed by atoms with Crippen LogP contribution in [0.25, 0.3) is 0 Å². The summed E-state index contributed by atoms with van der Waals surface area (Å²) in [4.78, 5) is 21.6. The monoisotopic (exact) mass is 488 g/mol. The Morgan fingerprint density at radius 2 is 1.94 bits per heavy atom. The molecule has 2 aliphatic rings. The first-order chi connectivity index (χ1) is 17.7. The molecule has 2 aromatic heterocycles. The van der Waals surface area contributed by atoms with Crippen LogP contribution in [0.3, 0.4) is 0 Å². The molecule has 3 aromatic rings. The van der Waals surface area contributed by atoms with Crippen LogP contribution < -0.4 is 15.5 Å². The molecule has 0 unspecified atom stereocenters. The summed E-state index contributed by atoms with van der Waals surface area (Å²) < 4.78 is 5.71. The van der Waals surface area contributed by atoms with Gasteiger partial charge in [0.05, 0.1) is 12.2 Å². The molecule has 4 heterocycles. The highest BCUT2D eigenvalue weighted by molar-refractivity contribution is 5.76. The number of rotatable bonds is 9. The molecule has 2 N–H and O–H groups in total. The number of carbonyl (C=O) groups is 1. The highest BCUT2D eigenvalue weighted by atomic mass is 16.5. The number of nitrogens with zero attached hydrogens (tertiary/aromatic N) is 4. The Balaban J connectivity index is 1.09. The predicted octanol–water partition coefficient (Wildman–Crippen LogP) is 2.87. The van der Waals surface area contributed by atoms with Crippen molar-refractivity contribution in [2.24, 2.45) is 11.8 Å². The topological polar surface area (TPSA) is 86.5 Å². The first-order valence-electron chi connectivity index (χ1n) is 13.1. The summed E-state index contributed by atoms with van der Waals surface area (Å²) in [6.45, 7) is 7.22. The van der Waals surface area contributed by atoms with Crippen LogP contribution >= 0.6 is 0 Å². The van der Waals surface area contributed by atoms with E-state index in [1.54, 1.807) is 12.4 Å². The number of para-hydroxylation sites is 1. The molecule has 8 heteroatoms. The van der Waals surface area contributed by atoms with Crippen molar-refractivity contribution in [2.45, 2.75) is 32.4 Å². The number of hydrogen-bond acceptors (Lipinski definition) is 7. The third kappa shape index (κ3) is 6.71. The van der Waals surface area contributed by atoms with E-state index in [2.05, 4.69) is 67.0 Å². The zero-order chi connectivity index (χ0) is 24.6. The molecule has 2 saturated heterocycles. The summed E-state index contributed by atoms with van der Waals surface area (Å²) in [6, 6.07) is 16.6. The van der Waals surface area contributed by atoms with E-state index in [-0.39, 0.29) is 5.91 Å². The maximum Gasteiger partial charge on any atom is 0.220 e. The summed E-state index contributed by atoms with van der Waals surface area (Å²) in [5.41, 5.74) is 3.30. The number of pyridine rings is 1. The Morgan fingerprint density at radius 3 is 2.75 bits per heavy atom. The molecule has 2 aliphatic heterocycles. The van der Waals surface area contributed by atoms with Gasteiger partial charge in [-0.3, -0.25) is 14.7 Å². The zero-order valence-electron chi connectivity index (χ0n) is 20.8. The summed E-state index contributed by atoms with van der Waals surface area (Å²) in [5.74, 6) is 1.74. The summed E-state index contributed by atoms with van der Waals surface area (Å²) in [7, 11) is 0. The van der Waals surface area contributed by atoms with Crippen molar-refractivity contribution in [3.8, 4) is 0 Å². The van der Waals surface area contributed by atoms with Gasteiger partial charge in [-0.25, -0.2) is 0 Å². The Kier molecular flexibility index (Phi) is 8.25. The standard InChI is InChI=1S/C28H36N6O2/c35-28(31-19-22-5-4-9-29-18-22)16-23-8-10-30-20-24(23)15-25-17-27(36-32-25)21-33-11-13-34(14-12-33)26-6-2-1-3-7-26/h1-7,9,17-18,23-24,30H,8,10-16,19-21H2,(H,31,35)/t23-,24-/m0/s1. The highest BCUT2D eigenvalue weighted by Gasteiger charge is 2.28. The quantitative estimate of drug-likeness (QED) is 0.479. The van der Waals surface area contributed by atoms with Gasteiger partial charge < -0.3 is 20.1 Å². The lowest BCUT2D eigenvalue weighted by Gasteiger charge is -2.35. The largest absolute Gasteiger partial charge is 0.369 e. The molecular formula is C28H36N6O2. The molecule has 2 atom stereocenters. The van der Waals surface area contributed by atoms with Crippen molar-refractivity contribution < 1.29 is 9.32 Å². The number of aromatic nitrogens is 2. The van der Waals surface area contributed by atoms with Gasteiger partial charge in [-0.1, -0.05) is 29.4 Å². The number of nitrogens with one attached hydrogen (secondary N) is 2. The van der Waals surface area contributed by atoms with Crippen molar-refractivity contribution in [3.63, 3.8) is 0 Å². The maximum atomic E-state index is 12.6. The molecule has 36 heavy (non-hydrogen) atoms. The molecule has 5 rings (SSSR count). The first-order valence-corrected chi connectivity index (χ1v) is 13.1. The lowest BCUT2D eigenvalue weighted by atomic mass is 9.81. The first kappa shape index (κ1) is 24.5. The van der Waals surface area contributed by atoms with E-state index < -0.39 is 0 Å². The second-order valence-electron chi connectivity index (χ2n) is 9.94. The van der Waals surface area contributed by atoms with Gasteiger partial charge in [0.15, 0.2) is 5.76 Å². The molecule has 8 nitrogen and oxygen atoms in total. The van der Waals surface area contributed by atoms with Crippen molar-refractivity contribution >= 4 is 11.6 Å². The predicted molar refractivity (Wildman–Crippen MR) is 139 cm³/mol. The van der Waals surface area contributed by atoms with Crippen LogP contribution in [0.1, 0.15) is 29.9 Å². The molecule has 0 bridgehead atoms. The number of carbonyl (C=O) groups excluding carboxylic acids is 1. The van der Waals surface area contributed by atoms with Crippen molar-refractivity contribution in [3.05, 3.63) is 77.9 Å². The normalized spacial score (nSPS) is 20.8. The fourth-order valence-electron chi connectivity index (χ4n) is 5.32. The Hall–Kier alpha value is -3.23. The van der Waals surface area contributed by atoms with Gasteiger partial charge in [0, 0.05) is 63.3 Å². The van der Waals surface area contributed by atoms with Gasteiger partial charge in [-0.15, -0.1) is 0 Å². The smallest absolute Gasteiger partial charge is 0.220 e. The molecule has 1 aromatic carbocycles. The Morgan fingerprint density at radius 1 is 1.08 bits per heavy atom. The third-order valence-electron chi connectivity index (χ3n) is 7.38. The number of hydrogen-bond donors (Lipinski definition) is 2. The second kappa shape index (κ2) is 12.1. The van der Waals surface area contributed by atoms with Gasteiger partial charge in [0.25, 0.3) is 0 Å². The van der Waals surface area contributed by atoms with Crippen LogP contribution in [0.4, 0.5) is 5.69 Å². The molecule has 1 amide bonds. The average Bonchev–Trinajstić information content (AvgIpc) is 3.37. The summed E-state index contributed by atoms with van der Waals surface area (Å²) >= 11 is 0. The third-order valence-corrected chi connectivity index (χ3v) is 7.38. The maximum absolute atomic E-state index is 12.6. The summed E-state index contributed by atoms with van der Waals surface area (Å²) in [6.07, 6.45) is 5.91. The van der Waals surface area contributed by atoms with Crippen molar-refractivity contribution in [2.75, 3.05) is 44.2 Å². The van der Waals surface area contributed by atoms with Crippen LogP contribution in [0.2, 0.25) is 0 Å². The van der Waals surface area contributed by atoms with Gasteiger partial charge in [0.2, 0.25) is 5.91 Å². The van der Waals surface area contributed by atoms with E-state index in [4.69, 9.17) is 4.52 Å². The number of piperazine rings is 1. The fourth-order valence-corrected chi connectivity index (χ4v) is 5.32. The zero-order valence-corrected chi connectivity index (χ0v) is 20.8. The van der Waals surface area contributed by atoms with E-state index in [1.165, 1.54) is 5.69 Å². The number of anilines is 1. The lowest BCUT2D eigenvalue weighted by Crippen LogP contribution is -2.45. The number of amides is 1. The van der Waals surface area contributed by atoms with Gasteiger partial charge in [0.1, 0.15) is 0 Å². The second-order valence-corrected chi connectivity index (χ2v) is 9.94. The van der Waals surface area contributed by atoms with E-state index in [0.29, 0.717) is 24.8 Å². The van der Waals surface area contributed by atoms with E-state index >= 15 is 0 Å². The van der Waals surface area contributed by atoms with Crippen LogP contribution in [0.15, 0.2) is 65.4 Å². The minimum absolute atomic E-state index is 0.103. The van der Waals surface area contributed by atoms with Gasteiger partial charge >= 0.3 is 0 Å². The Bertz CT molecular complexity index is 1080. The highest BCUT2D eigenvalue weighted by Crippen LogP contribution is 2.26. The fraction of sp³-hybridized carbons (Fsp3) is 0.464. The van der Waals surface area contributed by atoms with E-state index in [0.717, 1.165) is 75.7 Å². The number of benzene rings is 1. The van der Waals surface area contributed by atoms with Gasteiger partial charge in [-0.2, -0.15) is 0 Å². The van der Waals surface area contributed by atoms with Crippen LogP contribution in [0, 0.1) is 11.8 Å². The van der Waals surface area contributed by atoms with E-state index in [9.17, 15) is 4.79 Å². The minimum Gasteiger partial charge on any atom is -0.369 e. The molecular weight excluding hydrogens is 452 g/mol. The van der Waals surface area contributed by atoms with Gasteiger partial charge in [-0.05, 0) is 61.5 Å². The lowest BCUT2D eigenvalue weighted by molar-refractivity contribution is -0.122. The average molecular weight is 489 g/mol. The molecule has 2 fully saturated rings. The molecule has 0 radical (unpaired) electrons. The van der Waals surface area contributed by atoms with Crippen LogP contribution in [0.5, 0.6) is 0 Å². The molecule has 190 valence electrons. The van der Waals surface area contributed by atoms with Crippen LogP contribution in [-0.4, -0.2) is 60.2 Å². The number of piperidine rings is 1. The van der Waals surface area contributed by atoms with Crippen LogP contribution in [-0.2, 0) is 24.3 Å². The van der Waals surface area contributed by atoms with Crippen molar-refractivity contribution in [1.29, 1.82) is 0 Å².